The van der Waals surface area contributed by atoms with Gasteiger partial charge in [-0.2, -0.15) is 13.5 Å². The van der Waals surface area contributed by atoms with E-state index in [1.807, 2.05) is 6.92 Å². The van der Waals surface area contributed by atoms with Crippen molar-refractivity contribution >= 4 is 22.3 Å². The van der Waals surface area contributed by atoms with Crippen LogP contribution in [0.25, 0.3) is 5.69 Å². The van der Waals surface area contributed by atoms with Gasteiger partial charge in [-0.15, -0.1) is 0 Å². The number of carbonyl (C=O) groups is 1. The molecule has 1 amide bonds. The minimum absolute atomic E-state index is 0.336. The molecule has 0 aliphatic carbocycles. The van der Waals surface area contributed by atoms with Crippen LogP contribution in [0, 0.1) is 19.7 Å². The van der Waals surface area contributed by atoms with E-state index in [0.29, 0.717) is 46.9 Å². The first-order chi connectivity index (χ1) is 16.7. The van der Waals surface area contributed by atoms with Gasteiger partial charge in [-0.1, -0.05) is 0 Å². The van der Waals surface area contributed by atoms with Gasteiger partial charge in [-0.25, -0.2) is 18.0 Å². The van der Waals surface area contributed by atoms with Crippen LogP contribution in [0.15, 0.2) is 24.5 Å². The number of aryl methyl sites for hydroxylation is 2. The molecule has 2 atom stereocenters. The Hall–Kier alpha value is -3.16. The molecule has 2 aliphatic rings. The van der Waals surface area contributed by atoms with Crippen molar-refractivity contribution in [3.05, 3.63) is 52.7 Å². The van der Waals surface area contributed by atoms with Crippen molar-refractivity contribution in [2.24, 2.45) is 0 Å². The molecule has 1 unspecified atom stereocenters. The van der Waals surface area contributed by atoms with Gasteiger partial charge in [0.05, 0.1) is 17.4 Å². The molecule has 1 aromatic carbocycles. The fraction of sp³-hybridized carbons (Fsp3) is 0.478. The monoisotopic (exact) mass is 523 g/mol. The van der Waals surface area contributed by atoms with Gasteiger partial charge in [0, 0.05) is 30.9 Å². The van der Waals surface area contributed by atoms with E-state index in [9.17, 15) is 22.2 Å². The first kappa shape index (κ1) is 25.9. The van der Waals surface area contributed by atoms with Crippen LogP contribution in [0.4, 0.5) is 15.0 Å². The molecule has 4 rings (SSSR count). The lowest BCUT2D eigenvalue weighted by molar-refractivity contribution is 0.0159. The predicted octanol–water partition coefficient (Wildman–Crippen LogP) is 3.47. The molecule has 1 aromatic heterocycles. The molecule has 0 radical (unpaired) electrons. The van der Waals surface area contributed by atoms with Gasteiger partial charge in [0.2, 0.25) is 6.35 Å². The number of halogens is 1. The molecule has 0 fully saturated rings. The number of aromatic nitrogens is 2. The van der Waals surface area contributed by atoms with Crippen molar-refractivity contribution in [3.63, 3.8) is 0 Å². The molecule has 196 valence electrons. The standard InChI is InChI=1S/C23H30FN5O6S/c1-13-11-16(12-14(2)19(13)24)29-20(28-10-8-25-21(28)35-36(31,32)33)18-15(3)27(9-7-17(18)26-29)22(30)34-23(4,5)6/h8,10-12,15,21,25H,7,9H2,1-6H3,(H,31,32,33)/t15-,21?/m0/s1. The Labute approximate surface area is 209 Å². The molecule has 0 spiro atoms. The third-order valence-corrected chi connectivity index (χ3v) is 6.35. The largest absolute Gasteiger partial charge is 0.444 e. The molecule has 36 heavy (non-hydrogen) atoms. The highest BCUT2D eigenvalue weighted by Crippen LogP contribution is 2.40. The Kier molecular flexibility index (Phi) is 6.52. The summed E-state index contributed by atoms with van der Waals surface area (Å²) in [5, 5.41) is 7.50. The summed E-state index contributed by atoms with van der Waals surface area (Å²) in [5.41, 5.74) is 2.00. The first-order valence-electron chi connectivity index (χ1n) is 11.4. The number of ether oxygens (including phenoxy) is 1. The minimum Gasteiger partial charge on any atom is -0.444 e. The highest BCUT2D eigenvalue weighted by Gasteiger charge is 2.40. The summed E-state index contributed by atoms with van der Waals surface area (Å²) in [6.45, 7) is 10.8. The summed E-state index contributed by atoms with van der Waals surface area (Å²) in [5.74, 6) is 0.0584. The maximum atomic E-state index is 14.4. The molecular formula is C23H30FN5O6S. The van der Waals surface area contributed by atoms with E-state index in [0.717, 1.165) is 0 Å². The lowest BCUT2D eigenvalue weighted by Crippen LogP contribution is -2.44. The molecule has 0 bridgehead atoms. The van der Waals surface area contributed by atoms with Crippen molar-refractivity contribution in [1.82, 2.24) is 20.0 Å². The van der Waals surface area contributed by atoms with Gasteiger partial charge in [0.25, 0.3) is 0 Å². The Morgan fingerprint density at radius 3 is 2.47 bits per heavy atom. The maximum absolute atomic E-state index is 14.4. The summed E-state index contributed by atoms with van der Waals surface area (Å²) < 4.78 is 58.7. The number of hydrogen-bond acceptors (Lipinski definition) is 8. The van der Waals surface area contributed by atoms with Crippen LogP contribution in [0.1, 0.15) is 56.1 Å². The third-order valence-electron chi connectivity index (χ3n) is 5.93. The molecule has 3 heterocycles. The summed E-state index contributed by atoms with van der Waals surface area (Å²) in [6.07, 6.45) is 1.60. The smallest absolute Gasteiger partial charge is 0.410 e. The fourth-order valence-corrected chi connectivity index (χ4v) is 4.81. The molecule has 0 saturated carbocycles. The quantitative estimate of drug-likeness (QED) is 0.579. The maximum Gasteiger partial charge on any atom is 0.410 e. The highest BCUT2D eigenvalue weighted by molar-refractivity contribution is 7.80. The summed E-state index contributed by atoms with van der Waals surface area (Å²) in [6, 6.07) is 2.76. The number of nitrogens with zero attached hydrogens (tertiary/aromatic N) is 4. The fourth-order valence-electron chi connectivity index (χ4n) is 4.43. The molecule has 2 N–H and O–H groups in total. The Balaban J connectivity index is 1.87. The van der Waals surface area contributed by atoms with E-state index in [4.69, 9.17) is 14.0 Å². The van der Waals surface area contributed by atoms with Crippen molar-refractivity contribution in [2.45, 2.75) is 66.0 Å². The molecule has 13 heteroatoms. The van der Waals surface area contributed by atoms with E-state index in [1.54, 1.807) is 56.3 Å². The van der Waals surface area contributed by atoms with Gasteiger partial charge in [-0.3, -0.25) is 9.45 Å². The summed E-state index contributed by atoms with van der Waals surface area (Å²) in [7, 11) is -4.82. The van der Waals surface area contributed by atoms with Crippen LogP contribution in [-0.4, -0.2) is 52.2 Å². The van der Waals surface area contributed by atoms with Gasteiger partial charge in [-0.05, 0) is 64.8 Å². The number of benzene rings is 1. The number of amides is 1. The zero-order valence-corrected chi connectivity index (χ0v) is 21.8. The second kappa shape index (κ2) is 9.05. The molecular weight excluding hydrogens is 493 g/mol. The van der Waals surface area contributed by atoms with Crippen molar-refractivity contribution < 1.29 is 31.1 Å². The second-order valence-corrected chi connectivity index (χ2v) is 10.9. The number of fused-ring (bicyclic) bond motifs is 1. The van der Waals surface area contributed by atoms with E-state index >= 15 is 0 Å². The second-order valence-electron chi connectivity index (χ2n) is 9.86. The zero-order chi connectivity index (χ0) is 26.6. The Morgan fingerprint density at radius 2 is 1.89 bits per heavy atom. The van der Waals surface area contributed by atoms with E-state index in [1.165, 1.54) is 17.3 Å². The van der Waals surface area contributed by atoms with Gasteiger partial charge >= 0.3 is 16.5 Å². The SMILES string of the molecule is Cc1cc(-n2nc3c(c2N2C=CNC2OS(=O)(=O)O)[C@H](C)N(C(=O)OC(C)(C)C)CC3)cc(C)c1F. The van der Waals surface area contributed by atoms with Crippen LogP contribution < -0.4 is 10.2 Å². The van der Waals surface area contributed by atoms with E-state index in [-0.39, 0.29) is 5.82 Å². The number of rotatable bonds is 4. The van der Waals surface area contributed by atoms with Crippen LogP contribution in [0.2, 0.25) is 0 Å². The highest BCUT2D eigenvalue weighted by atomic mass is 32.3. The average molecular weight is 524 g/mol. The minimum atomic E-state index is -4.82. The van der Waals surface area contributed by atoms with Gasteiger partial charge in [0.15, 0.2) is 0 Å². The summed E-state index contributed by atoms with van der Waals surface area (Å²) in [4.78, 5) is 16.0. The predicted molar refractivity (Wildman–Crippen MR) is 129 cm³/mol. The van der Waals surface area contributed by atoms with Crippen molar-refractivity contribution in [2.75, 3.05) is 11.4 Å². The Morgan fingerprint density at radius 1 is 1.25 bits per heavy atom. The zero-order valence-electron chi connectivity index (χ0n) is 20.9. The Bertz CT molecular complexity index is 1310. The normalized spacial score (nSPS) is 19.9. The number of hydrogen-bond donors (Lipinski definition) is 2. The number of anilines is 1. The van der Waals surface area contributed by atoms with Crippen LogP contribution in [-0.2, 0) is 25.7 Å². The number of nitrogens with one attached hydrogen (secondary N) is 1. The third kappa shape index (κ3) is 5.04. The van der Waals surface area contributed by atoms with Crippen LogP contribution in [0.3, 0.4) is 0 Å². The number of carbonyl (C=O) groups excluding carboxylic acids is 1. The van der Waals surface area contributed by atoms with Crippen molar-refractivity contribution in [3.8, 4) is 5.69 Å². The molecule has 2 aliphatic heterocycles. The van der Waals surface area contributed by atoms with Crippen molar-refractivity contribution in [1.29, 1.82) is 0 Å². The lowest BCUT2D eigenvalue weighted by atomic mass is 9.99. The van der Waals surface area contributed by atoms with Crippen LogP contribution >= 0.6 is 0 Å². The lowest BCUT2D eigenvalue weighted by Gasteiger charge is -2.36. The average Bonchev–Trinajstić information content (AvgIpc) is 3.33. The van der Waals surface area contributed by atoms with Crippen LogP contribution in [0.5, 0.6) is 0 Å². The van der Waals surface area contributed by atoms with E-state index in [2.05, 4.69) is 5.32 Å². The molecule has 2 aromatic rings. The van der Waals surface area contributed by atoms with Gasteiger partial charge in [0.1, 0.15) is 17.2 Å². The summed E-state index contributed by atoms with van der Waals surface area (Å²) >= 11 is 0. The van der Waals surface area contributed by atoms with Gasteiger partial charge < -0.3 is 15.0 Å². The molecule has 11 nitrogen and oxygen atoms in total. The molecule has 0 saturated heterocycles. The first-order valence-corrected chi connectivity index (χ1v) is 12.8. The topological polar surface area (TPSA) is 126 Å². The van der Waals surface area contributed by atoms with E-state index < -0.39 is 34.5 Å².